The highest BCUT2D eigenvalue weighted by molar-refractivity contribution is 7.86. The molecule has 0 spiro atoms. The number of hydrogen-bond donors (Lipinski definition) is 1. The number of ether oxygens (including phenoxy) is 2. The molecule has 0 radical (unpaired) electrons. The first-order chi connectivity index (χ1) is 20.8. The van der Waals surface area contributed by atoms with Gasteiger partial charge in [-0.25, -0.2) is 4.39 Å². The number of anilines is 2. The van der Waals surface area contributed by atoms with E-state index in [4.69, 9.17) is 25.3 Å². The van der Waals surface area contributed by atoms with Crippen molar-refractivity contribution in [3.05, 3.63) is 100 Å². The van der Waals surface area contributed by atoms with Crippen LogP contribution >= 0.6 is 11.6 Å². The number of halogens is 2. The van der Waals surface area contributed by atoms with Gasteiger partial charge >= 0.3 is 10.1 Å². The minimum atomic E-state index is -4.00. The van der Waals surface area contributed by atoms with Crippen LogP contribution in [0.25, 0.3) is 11.1 Å². The van der Waals surface area contributed by atoms with E-state index >= 15 is 0 Å². The van der Waals surface area contributed by atoms with Gasteiger partial charge in [0.25, 0.3) is 5.91 Å². The Kier molecular flexibility index (Phi) is 8.51. The average Bonchev–Trinajstić information content (AvgIpc) is 2.97. The van der Waals surface area contributed by atoms with E-state index in [0.717, 1.165) is 11.3 Å². The summed E-state index contributed by atoms with van der Waals surface area (Å²) in [7, 11) is -0.830. The van der Waals surface area contributed by atoms with Gasteiger partial charge in [-0.2, -0.15) is 8.42 Å². The Hall–Kier alpha value is -4.28. The lowest BCUT2D eigenvalue weighted by molar-refractivity contribution is -0.121. The molecule has 5 rings (SSSR count). The second-order valence-electron chi connectivity index (χ2n) is 11.1. The molecule has 0 aliphatic carbocycles. The quantitative estimate of drug-likeness (QED) is 0.195. The molecule has 1 amide bonds. The Balaban J connectivity index is 1.54. The maximum absolute atomic E-state index is 14.1. The summed E-state index contributed by atoms with van der Waals surface area (Å²) in [5.74, 6) is -0.143. The van der Waals surface area contributed by atoms with Crippen LogP contribution in [0.15, 0.2) is 72.8 Å². The fourth-order valence-corrected chi connectivity index (χ4v) is 6.40. The first-order valence-electron chi connectivity index (χ1n) is 13.7. The van der Waals surface area contributed by atoms with Crippen LogP contribution in [0.3, 0.4) is 0 Å². The summed E-state index contributed by atoms with van der Waals surface area (Å²) >= 11 is 5.91. The normalized spacial score (nSPS) is 14.1. The van der Waals surface area contributed by atoms with Crippen LogP contribution in [-0.2, 0) is 27.3 Å². The second-order valence-corrected chi connectivity index (χ2v) is 13.1. The van der Waals surface area contributed by atoms with Crippen molar-refractivity contribution >= 4 is 39.0 Å². The summed E-state index contributed by atoms with van der Waals surface area (Å²) in [5, 5.41) is 3.81. The summed E-state index contributed by atoms with van der Waals surface area (Å²) in [6.45, 7) is 5.42. The standard InChI is InChI=1S/C33H32ClFN2O6S/c1-20-6-11-23(35)16-29(20)42-18-27-25(14-15-28-31(27)37(4)32(38)33(2,3)36-28)26-13-12-24(17-30(26)41-5)43-44(39,40)19-21-7-9-22(34)10-8-21/h6-17,36H,18-19H2,1-5H3. The summed E-state index contributed by atoms with van der Waals surface area (Å²) in [6.07, 6.45) is 0. The van der Waals surface area contributed by atoms with Gasteiger partial charge in [0.2, 0.25) is 0 Å². The van der Waals surface area contributed by atoms with Gasteiger partial charge in [-0.05, 0) is 73.9 Å². The third-order valence-corrected chi connectivity index (χ3v) is 8.76. The Morgan fingerprint density at radius 1 is 0.955 bits per heavy atom. The SMILES string of the molecule is COc1cc(OS(=O)(=O)Cc2ccc(Cl)cc2)ccc1-c1ccc2c(c1COc1cc(F)ccc1C)N(C)C(=O)C(C)(C)N2. The Morgan fingerprint density at radius 2 is 1.66 bits per heavy atom. The summed E-state index contributed by atoms with van der Waals surface area (Å²) in [6, 6.07) is 19.2. The minimum absolute atomic E-state index is 0.000590. The maximum atomic E-state index is 14.1. The molecule has 1 aliphatic heterocycles. The molecule has 0 fully saturated rings. The zero-order chi connectivity index (χ0) is 31.8. The zero-order valence-corrected chi connectivity index (χ0v) is 26.5. The maximum Gasteiger partial charge on any atom is 0.313 e. The highest BCUT2D eigenvalue weighted by atomic mass is 35.5. The molecule has 4 aromatic rings. The van der Waals surface area contributed by atoms with E-state index in [1.165, 1.54) is 31.4 Å². The molecule has 0 atom stereocenters. The molecule has 230 valence electrons. The van der Waals surface area contributed by atoms with Crippen molar-refractivity contribution < 1.29 is 31.3 Å². The molecule has 0 saturated carbocycles. The molecule has 44 heavy (non-hydrogen) atoms. The summed E-state index contributed by atoms with van der Waals surface area (Å²) < 4.78 is 57.0. The number of likely N-dealkylation sites (N-methyl/N-ethyl adjacent to an activating group) is 1. The van der Waals surface area contributed by atoms with E-state index < -0.39 is 21.5 Å². The molecular weight excluding hydrogens is 607 g/mol. The number of aryl methyl sites for hydroxylation is 1. The number of nitrogens with zero attached hydrogens (tertiary/aromatic N) is 1. The highest BCUT2D eigenvalue weighted by Gasteiger charge is 2.38. The summed E-state index contributed by atoms with van der Waals surface area (Å²) in [4.78, 5) is 14.9. The lowest BCUT2D eigenvalue weighted by atomic mass is 9.91. The van der Waals surface area contributed by atoms with Crippen molar-refractivity contribution in [3.63, 3.8) is 0 Å². The van der Waals surface area contributed by atoms with Crippen LogP contribution in [0.4, 0.5) is 15.8 Å². The number of nitrogens with one attached hydrogen (secondary N) is 1. The van der Waals surface area contributed by atoms with Gasteiger partial charge in [0, 0.05) is 35.3 Å². The predicted molar refractivity (Wildman–Crippen MR) is 170 cm³/mol. The predicted octanol–water partition coefficient (Wildman–Crippen LogP) is 7.12. The number of hydrogen-bond acceptors (Lipinski definition) is 7. The highest BCUT2D eigenvalue weighted by Crippen LogP contribution is 2.45. The van der Waals surface area contributed by atoms with Gasteiger partial charge < -0.3 is 23.9 Å². The molecule has 11 heteroatoms. The van der Waals surface area contributed by atoms with Crippen molar-refractivity contribution in [1.82, 2.24) is 0 Å². The molecule has 1 N–H and O–H groups in total. The number of amides is 1. The van der Waals surface area contributed by atoms with Crippen molar-refractivity contribution in [1.29, 1.82) is 0 Å². The van der Waals surface area contributed by atoms with E-state index in [1.54, 1.807) is 62.2 Å². The zero-order valence-electron chi connectivity index (χ0n) is 24.9. The molecule has 4 aromatic carbocycles. The Bertz CT molecular complexity index is 1840. The van der Waals surface area contributed by atoms with Gasteiger partial charge in [0.05, 0.1) is 18.5 Å². The molecule has 1 heterocycles. The van der Waals surface area contributed by atoms with Crippen LogP contribution in [0.2, 0.25) is 5.02 Å². The molecule has 0 bridgehead atoms. The largest absolute Gasteiger partial charge is 0.496 e. The van der Waals surface area contributed by atoms with Crippen LogP contribution in [-0.4, -0.2) is 34.0 Å². The van der Waals surface area contributed by atoms with Gasteiger partial charge in [-0.3, -0.25) is 4.79 Å². The molecule has 1 aliphatic rings. The smallest absolute Gasteiger partial charge is 0.313 e. The van der Waals surface area contributed by atoms with Gasteiger partial charge in [0.15, 0.2) is 0 Å². The van der Waals surface area contributed by atoms with E-state index in [0.29, 0.717) is 44.5 Å². The van der Waals surface area contributed by atoms with Crippen LogP contribution in [0.5, 0.6) is 17.2 Å². The van der Waals surface area contributed by atoms with Crippen molar-refractivity contribution in [3.8, 4) is 28.4 Å². The topological polar surface area (TPSA) is 94.2 Å². The molecule has 8 nitrogen and oxygen atoms in total. The van der Waals surface area contributed by atoms with E-state index in [1.807, 2.05) is 19.1 Å². The van der Waals surface area contributed by atoms with Gasteiger partial charge in [-0.1, -0.05) is 35.9 Å². The van der Waals surface area contributed by atoms with Crippen molar-refractivity contribution in [2.75, 3.05) is 24.4 Å². The number of methoxy groups -OCH3 is 1. The minimum Gasteiger partial charge on any atom is -0.496 e. The Labute approximate surface area is 261 Å². The number of carbonyl (C=O) groups is 1. The number of rotatable bonds is 9. The van der Waals surface area contributed by atoms with Crippen LogP contribution in [0.1, 0.15) is 30.5 Å². The molecule has 0 aromatic heterocycles. The summed E-state index contributed by atoms with van der Waals surface area (Å²) in [5.41, 5.74) is 3.70. The molecule has 0 unspecified atom stereocenters. The average molecular weight is 639 g/mol. The third kappa shape index (κ3) is 6.46. The van der Waals surface area contributed by atoms with Gasteiger partial charge in [0.1, 0.15) is 41.0 Å². The number of carbonyl (C=O) groups excluding carboxylic acids is 1. The molecular formula is C33H32ClFN2O6S. The first kappa shape index (κ1) is 31.2. The van der Waals surface area contributed by atoms with Gasteiger partial charge in [-0.15, -0.1) is 0 Å². The second kappa shape index (κ2) is 12.0. The third-order valence-electron chi connectivity index (χ3n) is 7.37. The van der Waals surface area contributed by atoms with E-state index in [2.05, 4.69) is 5.32 Å². The first-order valence-corrected chi connectivity index (χ1v) is 15.7. The number of benzene rings is 4. The lowest BCUT2D eigenvalue weighted by Crippen LogP contribution is -2.52. The van der Waals surface area contributed by atoms with Crippen molar-refractivity contribution in [2.24, 2.45) is 0 Å². The monoisotopic (exact) mass is 638 g/mol. The van der Waals surface area contributed by atoms with Crippen LogP contribution < -0.4 is 23.9 Å². The fraction of sp³-hybridized carbons (Fsp3) is 0.242. The number of fused-ring (bicyclic) bond motifs is 1. The lowest BCUT2D eigenvalue weighted by Gasteiger charge is -2.39. The fourth-order valence-electron chi connectivity index (χ4n) is 5.22. The van der Waals surface area contributed by atoms with E-state index in [-0.39, 0.29) is 24.0 Å². The van der Waals surface area contributed by atoms with Crippen molar-refractivity contribution in [2.45, 2.75) is 38.7 Å². The molecule has 0 saturated heterocycles. The Morgan fingerprint density at radius 3 is 2.36 bits per heavy atom. The van der Waals surface area contributed by atoms with Crippen LogP contribution in [0, 0.1) is 12.7 Å². The van der Waals surface area contributed by atoms with E-state index in [9.17, 15) is 17.6 Å².